The molecule has 2 aromatic rings. The molecular weight excluding hydrogens is 471 g/mol. The van der Waals surface area contributed by atoms with E-state index in [-0.39, 0.29) is 24.0 Å². The second kappa shape index (κ2) is 10.2. The Morgan fingerprint density at radius 1 is 1.26 bits per heavy atom. The summed E-state index contributed by atoms with van der Waals surface area (Å²) in [4.78, 5) is 17.0. The summed E-state index contributed by atoms with van der Waals surface area (Å²) >= 11 is 1.74. The molecule has 0 aliphatic carbocycles. The maximum Gasteiger partial charge on any atom is 0.191 e. The third-order valence-electron chi connectivity index (χ3n) is 4.70. The summed E-state index contributed by atoms with van der Waals surface area (Å²) in [5, 5.41) is 8.09. The molecule has 0 atom stereocenters. The molecule has 148 valence electrons. The van der Waals surface area contributed by atoms with Crippen LogP contribution >= 0.6 is 35.3 Å². The fourth-order valence-corrected chi connectivity index (χ4v) is 4.07. The van der Waals surface area contributed by atoms with Crippen molar-refractivity contribution >= 4 is 47.1 Å². The number of aliphatic imine (C=N–C) groups is 1. The third kappa shape index (κ3) is 6.03. The maximum absolute atomic E-state index is 4.54. The van der Waals surface area contributed by atoms with Crippen LogP contribution in [-0.4, -0.2) is 42.1 Å². The lowest BCUT2D eigenvalue weighted by atomic mass is 10.1. The number of thiazole rings is 1. The van der Waals surface area contributed by atoms with E-state index in [1.54, 1.807) is 11.3 Å². The number of aromatic nitrogens is 2. The van der Waals surface area contributed by atoms with E-state index < -0.39 is 0 Å². The molecule has 0 aromatic carbocycles. The Morgan fingerprint density at radius 2 is 2.00 bits per heavy atom. The van der Waals surface area contributed by atoms with Crippen LogP contribution < -0.4 is 15.5 Å². The molecule has 0 radical (unpaired) electrons. The average molecular weight is 500 g/mol. The number of piperidine rings is 1. The molecule has 1 aliphatic rings. The molecule has 0 unspecified atom stereocenters. The lowest BCUT2D eigenvalue weighted by Crippen LogP contribution is -2.48. The SMILES string of the molecule is CN=C(NCc1sc(C)nc1C)NC1CCN(c2ccc(C)cn2)CC1.I. The Balaban J connectivity index is 0.00000261. The van der Waals surface area contributed by atoms with Gasteiger partial charge in [-0.1, -0.05) is 6.07 Å². The Kier molecular flexibility index (Phi) is 8.28. The van der Waals surface area contributed by atoms with Gasteiger partial charge in [0.25, 0.3) is 0 Å². The number of pyridine rings is 1. The molecule has 6 nitrogen and oxygen atoms in total. The first-order valence-corrected chi connectivity index (χ1v) is 9.94. The van der Waals surface area contributed by atoms with Gasteiger partial charge in [-0.2, -0.15) is 0 Å². The van der Waals surface area contributed by atoms with E-state index in [0.29, 0.717) is 6.04 Å². The van der Waals surface area contributed by atoms with Crippen LogP contribution in [-0.2, 0) is 6.54 Å². The predicted octanol–water partition coefficient (Wildman–Crippen LogP) is 3.42. The lowest BCUT2D eigenvalue weighted by Gasteiger charge is -2.33. The van der Waals surface area contributed by atoms with Crippen molar-refractivity contribution in [1.29, 1.82) is 0 Å². The number of anilines is 1. The summed E-state index contributed by atoms with van der Waals surface area (Å²) in [6.45, 7) is 8.97. The topological polar surface area (TPSA) is 65.4 Å². The summed E-state index contributed by atoms with van der Waals surface area (Å²) < 4.78 is 0. The standard InChI is InChI=1S/C19H28N6S.HI/c1-13-5-6-18(21-11-13)25-9-7-16(8-10-25)24-19(20-4)22-12-17-14(2)23-15(3)26-17;/h5-6,11,16H,7-10,12H2,1-4H3,(H2,20,22,24);1H. The first kappa shape index (κ1) is 21.9. The van der Waals surface area contributed by atoms with E-state index in [1.165, 1.54) is 10.4 Å². The molecule has 1 aliphatic heterocycles. The molecule has 0 spiro atoms. The van der Waals surface area contributed by atoms with Gasteiger partial charge in [-0.3, -0.25) is 4.99 Å². The first-order chi connectivity index (χ1) is 12.5. The second-order valence-corrected chi connectivity index (χ2v) is 8.05. The van der Waals surface area contributed by atoms with Crippen LogP contribution in [0.25, 0.3) is 0 Å². The van der Waals surface area contributed by atoms with Gasteiger partial charge in [-0.05, 0) is 45.2 Å². The van der Waals surface area contributed by atoms with Gasteiger partial charge >= 0.3 is 0 Å². The van der Waals surface area contributed by atoms with Crippen molar-refractivity contribution in [2.75, 3.05) is 25.0 Å². The van der Waals surface area contributed by atoms with E-state index >= 15 is 0 Å². The van der Waals surface area contributed by atoms with Gasteiger partial charge in [-0.15, -0.1) is 35.3 Å². The summed E-state index contributed by atoms with van der Waals surface area (Å²) in [5.74, 6) is 1.94. The van der Waals surface area contributed by atoms with Crippen LogP contribution in [0.5, 0.6) is 0 Å². The number of nitrogens with one attached hydrogen (secondary N) is 2. The Bertz CT molecular complexity index is 750. The molecule has 27 heavy (non-hydrogen) atoms. The number of hydrogen-bond acceptors (Lipinski definition) is 5. The number of halogens is 1. The highest BCUT2D eigenvalue weighted by molar-refractivity contribution is 14.0. The zero-order valence-corrected chi connectivity index (χ0v) is 19.6. The Labute approximate surface area is 182 Å². The van der Waals surface area contributed by atoms with Crippen molar-refractivity contribution in [2.24, 2.45) is 4.99 Å². The van der Waals surface area contributed by atoms with Gasteiger partial charge in [0.2, 0.25) is 0 Å². The van der Waals surface area contributed by atoms with Crippen LogP contribution in [0.3, 0.4) is 0 Å². The fraction of sp³-hybridized carbons (Fsp3) is 0.526. The highest BCUT2D eigenvalue weighted by atomic mass is 127. The number of aryl methyl sites for hydroxylation is 3. The fourth-order valence-electron chi connectivity index (χ4n) is 3.19. The molecular formula is C19H29IN6S. The van der Waals surface area contributed by atoms with Gasteiger partial charge in [-0.25, -0.2) is 9.97 Å². The molecule has 8 heteroatoms. The maximum atomic E-state index is 4.54. The van der Waals surface area contributed by atoms with E-state index in [0.717, 1.165) is 55.0 Å². The van der Waals surface area contributed by atoms with Gasteiger partial charge in [0.15, 0.2) is 5.96 Å². The minimum absolute atomic E-state index is 0. The van der Waals surface area contributed by atoms with Crippen molar-refractivity contribution < 1.29 is 0 Å². The van der Waals surface area contributed by atoms with Crippen LogP contribution in [0.4, 0.5) is 5.82 Å². The quantitative estimate of drug-likeness (QED) is 0.383. The second-order valence-electron chi connectivity index (χ2n) is 6.77. The summed E-state index contributed by atoms with van der Waals surface area (Å²) in [5.41, 5.74) is 2.31. The average Bonchev–Trinajstić information content (AvgIpc) is 2.97. The van der Waals surface area contributed by atoms with Gasteiger partial charge in [0.05, 0.1) is 17.2 Å². The van der Waals surface area contributed by atoms with Crippen molar-refractivity contribution in [3.8, 4) is 0 Å². The molecule has 0 bridgehead atoms. The monoisotopic (exact) mass is 500 g/mol. The minimum atomic E-state index is 0. The molecule has 2 aromatic heterocycles. The highest BCUT2D eigenvalue weighted by Crippen LogP contribution is 2.18. The van der Waals surface area contributed by atoms with Gasteiger partial charge < -0.3 is 15.5 Å². The molecule has 1 fully saturated rings. The van der Waals surface area contributed by atoms with Crippen LogP contribution in [0.15, 0.2) is 23.3 Å². The van der Waals surface area contributed by atoms with Gasteiger partial charge in [0.1, 0.15) is 5.82 Å². The van der Waals surface area contributed by atoms with E-state index in [4.69, 9.17) is 0 Å². The highest BCUT2D eigenvalue weighted by Gasteiger charge is 2.21. The zero-order valence-electron chi connectivity index (χ0n) is 16.5. The molecule has 0 amide bonds. The summed E-state index contributed by atoms with van der Waals surface area (Å²) in [7, 11) is 1.82. The van der Waals surface area contributed by atoms with E-state index in [1.807, 2.05) is 20.2 Å². The van der Waals surface area contributed by atoms with E-state index in [2.05, 4.69) is 56.5 Å². The van der Waals surface area contributed by atoms with Crippen molar-refractivity contribution in [3.05, 3.63) is 39.5 Å². The molecule has 3 rings (SSSR count). The van der Waals surface area contributed by atoms with Crippen molar-refractivity contribution in [3.63, 3.8) is 0 Å². The van der Waals surface area contributed by atoms with Crippen LogP contribution in [0.2, 0.25) is 0 Å². The summed E-state index contributed by atoms with van der Waals surface area (Å²) in [6, 6.07) is 4.68. The number of guanidine groups is 1. The molecule has 1 saturated heterocycles. The zero-order chi connectivity index (χ0) is 18.5. The molecule has 0 saturated carbocycles. The van der Waals surface area contributed by atoms with Crippen LogP contribution in [0.1, 0.15) is 34.0 Å². The minimum Gasteiger partial charge on any atom is -0.356 e. The molecule has 2 N–H and O–H groups in total. The van der Waals surface area contributed by atoms with Crippen LogP contribution in [0, 0.1) is 20.8 Å². The first-order valence-electron chi connectivity index (χ1n) is 9.13. The van der Waals surface area contributed by atoms with Gasteiger partial charge in [0, 0.05) is 37.3 Å². The molecule has 3 heterocycles. The Morgan fingerprint density at radius 3 is 2.56 bits per heavy atom. The lowest BCUT2D eigenvalue weighted by molar-refractivity contribution is 0.459. The number of rotatable bonds is 4. The number of nitrogens with zero attached hydrogens (tertiary/aromatic N) is 4. The largest absolute Gasteiger partial charge is 0.356 e. The van der Waals surface area contributed by atoms with Crippen molar-refractivity contribution in [1.82, 2.24) is 20.6 Å². The number of hydrogen-bond donors (Lipinski definition) is 2. The Hall–Kier alpha value is -1.42. The van der Waals surface area contributed by atoms with E-state index in [9.17, 15) is 0 Å². The summed E-state index contributed by atoms with van der Waals surface area (Å²) in [6.07, 6.45) is 4.10. The third-order valence-corrected chi connectivity index (χ3v) is 5.77. The smallest absolute Gasteiger partial charge is 0.191 e. The van der Waals surface area contributed by atoms with Crippen molar-refractivity contribution in [2.45, 2.75) is 46.2 Å². The predicted molar refractivity (Wildman–Crippen MR) is 125 cm³/mol. The normalized spacial score (nSPS) is 15.4.